The molecule has 0 bridgehead atoms. The van der Waals surface area contributed by atoms with Gasteiger partial charge in [0.1, 0.15) is 12.1 Å². The Morgan fingerprint density at radius 1 is 1.47 bits per heavy atom. The third-order valence-electron chi connectivity index (χ3n) is 4.68. The van der Waals surface area contributed by atoms with E-state index in [1.54, 1.807) is 13.2 Å². The molecule has 0 radical (unpaired) electrons. The van der Waals surface area contributed by atoms with Crippen LogP contribution in [0.3, 0.4) is 0 Å². The summed E-state index contributed by atoms with van der Waals surface area (Å²) in [5, 5.41) is 18.2. The zero-order valence-electron chi connectivity index (χ0n) is 15.9. The Hall–Kier alpha value is -1.67. The predicted molar refractivity (Wildman–Crippen MR) is 111 cm³/mol. The molecule has 2 aromatic heterocycles. The number of methoxy groups -OCH3 is 1. The van der Waals surface area contributed by atoms with Crippen molar-refractivity contribution in [1.82, 2.24) is 9.97 Å². The third-order valence-corrected chi connectivity index (χ3v) is 6.59. The number of nitrogens with one attached hydrogen (secondary N) is 1. The molecule has 0 amide bonds. The Bertz CT molecular complexity index is 1020. The summed E-state index contributed by atoms with van der Waals surface area (Å²) >= 11 is 7.32. The number of nitrogens with zero attached hydrogens (tertiary/aromatic N) is 2. The Kier molecular flexibility index (Phi) is 7.39. The lowest BCUT2D eigenvalue weighted by molar-refractivity contribution is 0.101. The van der Waals surface area contributed by atoms with E-state index in [1.165, 1.54) is 12.5 Å². The molecular formula is C17H21ClN4O6S2. The van der Waals surface area contributed by atoms with Gasteiger partial charge >= 0.3 is 10.3 Å². The van der Waals surface area contributed by atoms with Gasteiger partial charge in [-0.15, -0.1) is 11.3 Å². The fourth-order valence-corrected chi connectivity index (χ4v) is 4.86. The van der Waals surface area contributed by atoms with Gasteiger partial charge in [0.15, 0.2) is 0 Å². The van der Waals surface area contributed by atoms with Crippen molar-refractivity contribution in [3.8, 4) is 0 Å². The molecule has 0 spiro atoms. The van der Waals surface area contributed by atoms with Gasteiger partial charge in [-0.05, 0) is 18.9 Å². The molecule has 164 valence electrons. The Labute approximate surface area is 182 Å². The van der Waals surface area contributed by atoms with Gasteiger partial charge in [0.25, 0.3) is 0 Å². The molecule has 2 aromatic rings. The van der Waals surface area contributed by atoms with E-state index in [0.717, 1.165) is 16.9 Å². The second kappa shape index (κ2) is 9.64. The van der Waals surface area contributed by atoms with Crippen LogP contribution < -0.4 is 10.5 Å². The molecule has 13 heteroatoms. The number of halogens is 1. The molecule has 1 saturated carbocycles. The first kappa shape index (κ1) is 23.0. The molecule has 30 heavy (non-hydrogen) atoms. The van der Waals surface area contributed by atoms with Crippen molar-refractivity contribution in [2.75, 3.05) is 19.0 Å². The van der Waals surface area contributed by atoms with E-state index >= 15 is 0 Å². The number of aliphatic hydroxyl groups excluding tert-OH is 1. The summed E-state index contributed by atoms with van der Waals surface area (Å²) < 4.78 is 32.1. The summed E-state index contributed by atoms with van der Waals surface area (Å²) in [7, 11) is -2.54. The summed E-state index contributed by atoms with van der Waals surface area (Å²) in [5.74, 6) is -0.396. The first-order valence-corrected chi connectivity index (χ1v) is 11.6. The van der Waals surface area contributed by atoms with E-state index in [0.29, 0.717) is 34.5 Å². The number of ketones is 1. The molecule has 0 aliphatic heterocycles. The molecule has 10 nitrogen and oxygen atoms in total. The third kappa shape index (κ3) is 5.72. The SMILES string of the molecule is COCc1cc(C(=O)c2cncnc2N[C@@H]2C[C@H](COS(N)(=O)=O)[C@@H](O)C2)sc1Cl. The van der Waals surface area contributed by atoms with Crippen molar-refractivity contribution in [1.29, 1.82) is 0 Å². The lowest BCUT2D eigenvalue weighted by atomic mass is 10.1. The summed E-state index contributed by atoms with van der Waals surface area (Å²) in [4.78, 5) is 21.5. The molecule has 0 saturated heterocycles. The Morgan fingerprint density at radius 3 is 2.93 bits per heavy atom. The van der Waals surface area contributed by atoms with Crippen LogP contribution in [0, 0.1) is 5.92 Å². The molecule has 2 heterocycles. The number of hydrogen-bond donors (Lipinski definition) is 3. The van der Waals surface area contributed by atoms with Gasteiger partial charge in [0.05, 0.1) is 34.1 Å². The monoisotopic (exact) mass is 476 g/mol. The number of aliphatic hydroxyl groups is 1. The van der Waals surface area contributed by atoms with E-state index in [9.17, 15) is 18.3 Å². The van der Waals surface area contributed by atoms with Crippen molar-refractivity contribution in [2.45, 2.75) is 31.6 Å². The van der Waals surface area contributed by atoms with Gasteiger partial charge in [-0.1, -0.05) is 11.6 Å². The van der Waals surface area contributed by atoms with Crippen molar-refractivity contribution in [2.24, 2.45) is 11.1 Å². The minimum absolute atomic E-state index is 0.219. The van der Waals surface area contributed by atoms with Crippen LogP contribution in [0.1, 0.15) is 33.6 Å². The van der Waals surface area contributed by atoms with Gasteiger partial charge in [-0.25, -0.2) is 15.1 Å². The first-order valence-electron chi connectivity index (χ1n) is 8.91. The Balaban J connectivity index is 1.73. The summed E-state index contributed by atoms with van der Waals surface area (Å²) in [6.45, 7) is 0.0741. The summed E-state index contributed by atoms with van der Waals surface area (Å²) in [6.07, 6.45) is 2.69. The maximum Gasteiger partial charge on any atom is 0.333 e. The second-order valence-corrected chi connectivity index (χ2v) is 9.75. The molecule has 1 aliphatic rings. The molecule has 3 atom stereocenters. The normalized spacial score (nSPS) is 21.7. The number of carbonyl (C=O) groups is 1. The molecule has 1 fully saturated rings. The smallest absolute Gasteiger partial charge is 0.333 e. The van der Waals surface area contributed by atoms with Crippen LogP contribution in [0.15, 0.2) is 18.6 Å². The second-order valence-electron chi connectivity index (χ2n) is 6.87. The van der Waals surface area contributed by atoms with E-state index in [2.05, 4.69) is 19.5 Å². The van der Waals surface area contributed by atoms with Crippen molar-refractivity contribution < 1.29 is 27.2 Å². The molecule has 3 rings (SSSR count). The lowest BCUT2D eigenvalue weighted by Gasteiger charge is -2.15. The Morgan fingerprint density at radius 2 is 2.23 bits per heavy atom. The number of aromatic nitrogens is 2. The zero-order chi connectivity index (χ0) is 21.9. The number of ether oxygens (including phenoxy) is 1. The number of carbonyl (C=O) groups excluding carboxylic acids is 1. The fraction of sp³-hybridized carbons (Fsp3) is 0.471. The van der Waals surface area contributed by atoms with Gasteiger partial charge in [0, 0.05) is 30.8 Å². The number of nitrogens with two attached hydrogens (primary N) is 1. The molecule has 1 aliphatic carbocycles. The standard InChI is InChI=1S/C17H21ClN4O6S2/c1-27-6-10-3-14(29-16(10)18)15(24)12-5-20-8-21-17(12)22-11-2-9(13(23)4-11)7-28-30(19,25)26/h3,5,8-9,11,13,23H,2,4,6-7H2,1H3,(H2,19,25,26)(H,20,21,22)/t9-,11-,13+/m1/s1. The minimum atomic E-state index is -4.08. The van der Waals surface area contributed by atoms with E-state index in [-0.39, 0.29) is 24.0 Å². The zero-order valence-corrected chi connectivity index (χ0v) is 18.3. The van der Waals surface area contributed by atoms with Crippen molar-refractivity contribution in [3.05, 3.63) is 38.9 Å². The van der Waals surface area contributed by atoms with Crippen molar-refractivity contribution >= 4 is 44.8 Å². The lowest BCUT2D eigenvalue weighted by Crippen LogP contribution is -2.24. The quantitative estimate of drug-likeness (QED) is 0.454. The van der Waals surface area contributed by atoms with Crippen LogP contribution in [-0.2, 0) is 25.8 Å². The molecular weight excluding hydrogens is 456 g/mol. The summed E-state index contributed by atoms with van der Waals surface area (Å²) in [5.41, 5.74) is 0.980. The van der Waals surface area contributed by atoms with Crippen LogP contribution in [0.25, 0.3) is 0 Å². The highest BCUT2D eigenvalue weighted by atomic mass is 35.5. The molecule has 0 unspecified atom stereocenters. The number of hydrogen-bond acceptors (Lipinski definition) is 10. The van der Waals surface area contributed by atoms with Crippen LogP contribution >= 0.6 is 22.9 Å². The highest BCUT2D eigenvalue weighted by molar-refractivity contribution is 7.84. The topological polar surface area (TPSA) is 154 Å². The van der Waals surface area contributed by atoms with Gasteiger partial charge in [-0.2, -0.15) is 8.42 Å². The number of anilines is 1. The number of thiophene rings is 1. The van der Waals surface area contributed by atoms with Gasteiger partial charge < -0.3 is 15.2 Å². The van der Waals surface area contributed by atoms with Gasteiger partial charge in [-0.3, -0.25) is 8.98 Å². The van der Waals surface area contributed by atoms with Crippen LogP contribution in [0.5, 0.6) is 0 Å². The first-order chi connectivity index (χ1) is 14.2. The molecule has 0 aromatic carbocycles. The largest absolute Gasteiger partial charge is 0.393 e. The van der Waals surface area contributed by atoms with E-state index in [1.807, 2.05) is 0 Å². The average molecular weight is 477 g/mol. The van der Waals surface area contributed by atoms with Crippen molar-refractivity contribution in [3.63, 3.8) is 0 Å². The number of rotatable bonds is 9. The summed E-state index contributed by atoms with van der Waals surface area (Å²) in [6, 6.07) is 1.43. The van der Waals surface area contributed by atoms with E-state index < -0.39 is 22.3 Å². The van der Waals surface area contributed by atoms with Gasteiger partial charge in [0.2, 0.25) is 5.78 Å². The van der Waals surface area contributed by atoms with Crippen LogP contribution in [-0.4, -0.2) is 55.1 Å². The predicted octanol–water partition coefficient (Wildman–Crippen LogP) is 1.34. The fourth-order valence-electron chi connectivity index (χ4n) is 3.29. The van der Waals surface area contributed by atoms with Crippen LogP contribution in [0.2, 0.25) is 4.34 Å². The van der Waals surface area contributed by atoms with Crippen LogP contribution in [0.4, 0.5) is 5.82 Å². The minimum Gasteiger partial charge on any atom is -0.393 e. The highest BCUT2D eigenvalue weighted by Gasteiger charge is 2.34. The van der Waals surface area contributed by atoms with E-state index in [4.69, 9.17) is 21.5 Å². The highest BCUT2D eigenvalue weighted by Crippen LogP contribution is 2.32. The molecule has 4 N–H and O–H groups in total. The maximum atomic E-state index is 13.0. The maximum absolute atomic E-state index is 13.0. The average Bonchev–Trinajstić information content (AvgIpc) is 3.22.